The molecule has 0 saturated carbocycles. The summed E-state index contributed by atoms with van der Waals surface area (Å²) in [6.07, 6.45) is 2.96. The number of carbonyl (C=O) groups excluding carboxylic acids is 2. The van der Waals surface area contributed by atoms with Crippen LogP contribution in [0.5, 0.6) is 0 Å². The van der Waals surface area contributed by atoms with E-state index in [0.717, 1.165) is 10.4 Å². The molecule has 0 bridgehead atoms. The van der Waals surface area contributed by atoms with Gasteiger partial charge in [-0.2, -0.15) is 0 Å². The lowest BCUT2D eigenvalue weighted by atomic mass is 9.94. The number of amides is 2. The van der Waals surface area contributed by atoms with Gasteiger partial charge in [0.05, 0.1) is 11.1 Å². The van der Waals surface area contributed by atoms with Gasteiger partial charge in [-0.25, -0.2) is 0 Å². The third kappa shape index (κ3) is 4.02. The van der Waals surface area contributed by atoms with Crippen LogP contribution in [0.4, 0.5) is 0 Å². The number of furan rings is 1. The summed E-state index contributed by atoms with van der Waals surface area (Å²) in [5, 5.41) is 5.05. The minimum Gasteiger partial charge on any atom is -0.467 e. The number of benzene rings is 1. The van der Waals surface area contributed by atoms with Crippen molar-refractivity contribution in [3.05, 3.63) is 82.4 Å². The first-order valence-electron chi connectivity index (χ1n) is 9.44. The van der Waals surface area contributed by atoms with Crippen molar-refractivity contribution < 1.29 is 14.0 Å². The Kier molecular flexibility index (Phi) is 5.58. The Morgan fingerprint density at radius 3 is 2.46 bits per heavy atom. The summed E-state index contributed by atoms with van der Waals surface area (Å²) in [6, 6.07) is 16.9. The lowest BCUT2D eigenvalue weighted by Gasteiger charge is -2.32. The normalized spacial score (nSPS) is 15.9. The average Bonchev–Trinajstić information content (AvgIpc) is 3.46. The van der Waals surface area contributed by atoms with Gasteiger partial charge in [-0.15, -0.1) is 11.3 Å². The lowest BCUT2D eigenvalue weighted by molar-refractivity contribution is -0.126. The number of carbonyl (C=O) groups is 2. The van der Waals surface area contributed by atoms with Crippen molar-refractivity contribution >= 4 is 23.2 Å². The predicted molar refractivity (Wildman–Crippen MR) is 108 cm³/mol. The molecule has 1 aliphatic rings. The van der Waals surface area contributed by atoms with Crippen molar-refractivity contribution in [3.63, 3.8) is 0 Å². The highest BCUT2D eigenvalue weighted by Crippen LogP contribution is 2.25. The van der Waals surface area contributed by atoms with E-state index in [4.69, 9.17) is 4.42 Å². The van der Waals surface area contributed by atoms with Crippen molar-refractivity contribution in [1.82, 2.24) is 10.2 Å². The summed E-state index contributed by atoms with van der Waals surface area (Å²) in [5.41, 5.74) is 0.983. The van der Waals surface area contributed by atoms with Crippen LogP contribution in [0.3, 0.4) is 0 Å². The number of nitrogens with zero attached hydrogens (tertiary/aromatic N) is 1. The van der Waals surface area contributed by atoms with Crippen LogP contribution in [0, 0.1) is 5.92 Å². The van der Waals surface area contributed by atoms with Gasteiger partial charge >= 0.3 is 0 Å². The maximum atomic E-state index is 12.9. The van der Waals surface area contributed by atoms with E-state index in [0.29, 0.717) is 31.7 Å². The van der Waals surface area contributed by atoms with Crippen molar-refractivity contribution in [1.29, 1.82) is 0 Å². The van der Waals surface area contributed by atoms with Crippen LogP contribution in [0.15, 0.2) is 70.7 Å². The molecule has 3 heterocycles. The summed E-state index contributed by atoms with van der Waals surface area (Å²) < 4.78 is 5.56. The highest BCUT2D eigenvalue weighted by molar-refractivity contribution is 7.12. The van der Waals surface area contributed by atoms with Gasteiger partial charge in [-0.3, -0.25) is 9.59 Å². The van der Waals surface area contributed by atoms with Crippen LogP contribution in [-0.2, 0) is 4.79 Å². The number of hydrogen-bond acceptors (Lipinski definition) is 4. The average molecular weight is 394 g/mol. The molecule has 6 heteroatoms. The van der Waals surface area contributed by atoms with E-state index in [1.54, 1.807) is 6.26 Å². The van der Waals surface area contributed by atoms with Crippen molar-refractivity contribution in [2.75, 3.05) is 13.1 Å². The fourth-order valence-electron chi connectivity index (χ4n) is 3.58. The van der Waals surface area contributed by atoms with Gasteiger partial charge in [0.25, 0.3) is 5.91 Å². The molecule has 1 aromatic carbocycles. The second kappa shape index (κ2) is 8.44. The summed E-state index contributed by atoms with van der Waals surface area (Å²) in [6.45, 7) is 1.21. The van der Waals surface area contributed by atoms with E-state index in [1.807, 2.05) is 64.9 Å². The number of piperidine rings is 1. The Morgan fingerprint density at radius 2 is 1.82 bits per heavy atom. The molecule has 0 radical (unpaired) electrons. The van der Waals surface area contributed by atoms with E-state index >= 15 is 0 Å². The van der Waals surface area contributed by atoms with E-state index in [9.17, 15) is 9.59 Å². The summed E-state index contributed by atoms with van der Waals surface area (Å²) in [4.78, 5) is 28.0. The number of thiophene rings is 1. The molecule has 5 nitrogen and oxygen atoms in total. The molecule has 4 rings (SSSR count). The monoisotopic (exact) mass is 394 g/mol. The highest BCUT2D eigenvalue weighted by Gasteiger charge is 2.30. The number of rotatable bonds is 5. The predicted octanol–water partition coefficient (Wildman–Crippen LogP) is 4.10. The number of hydrogen-bond donors (Lipinski definition) is 1. The Hall–Kier alpha value is -2.86. The second-order valence-corrected chi connectivity index (χ2v) is 7.86. The zero-order chi connectivity index (χ0) is 19.3. The van der Waals surface area contributed by atoms with E-state index < -0.39 is 0 Å². The van der Waals surface area contributed by atoms with Crippen molar-refractivity contribution in [3.8, 4) is 0 Å². The quantitative estimate of drug-likeness (QED) is 0.709. The third-order valence-corrected chi connectivity index (χ3v) is 5.99. The molecule has 1 unspecified atom stereocenters. The van der Waals surface area contributed by atoms with Crippen molar-refractivity contribution in [2.24, 2.45) is 5.92 Å². The maximum absolute atomic E-state index is 12.9. The molecular formula is C22H22N2O3S. The Balaban J connectivity index is 1.40. The zero-order valence-electron chi connectivity index (χ0n) is 15.4. The molecule has 2 amide bonds. The molecular weight excluding hydrogens is 372 g/mol. The lowest BCUT2D eigenvalue weighted by Crippen LogP contribution is -2.43. The standard InChI is InChI=1S/C22H22N2O3S/c25-21(17-10-12-24(13-11-17)22(26)19-9-5-15-28-19)23-20(18-8-4-14-27-18)16-6-2-1-3-7-16/h1-9,14-15,17,20H,10-13H2,(H,23,25). The first kappa shape index (κ1) is 18.5. The first-order valence-corrected chi connectivity index (χ1v) is 10.3. The molecule has 2 aromatic heterocycles. The Morgan fingerprint density at radius 1 is 1.04 bits per heavy atom. The molecule has 1 aliphatic heterocycles. The van der Waals surface area contributed by atoms with Gasteiger partial charge in [0.15, 0.2) is 0 Å². The van der Waals surface area contributed by atoms with E-state index in [2.05, 4.69) is 5.32 Å². The summed E-state index contributed by atoms with van der Waals surface area (Å²) >= 11 is 1.46. The van der Waals surface area contributed by atoms with E-state index in [-0.39, 0.29) is 23.8 Å². The van der Waals surface area contributed by atoms with Crippen LogP contribution in [-0.4, -0.2) is 29.8 Å². The molecule has 28 heavy (non-hydrogen) atoms. The maximum Gasteiger partial charge on any atom is 0.263 e. The van der Waals surface area contributed by atoms with Gasteiger partial charge < -0.3 is 14.6 Å². The van der Waals surface area contributed by atoms with Gasteiger partial charge in [-0.05, 0) is 42.0 Å². The van der Waals surface area contributed by atoms with Crippen molar-refractivity contribution in [2.45, 2.75) is 18.9 Å². The molecule has 1 saturated heterocycles. The number of likely N-dealkylation sites (tertiary alicyclic amines) is 1. The minimum atomic E-state index is -0.311. The zero-order valence-corrected chi connectivity index (χ0v) is 16.2. The third-order valence-electron chi connectivity index (χ3n) is 5.13. The van der Waals surface area contributed by atoms with Crippen LogP contribution >= 0.6 is 11.3 Å². The second-order valence-electron chi connectivity index (χ2n) is 6.91. The summed E-state index contributed by atoms with van der Waals surface area (Å²) in [5.74, 6) is 0.679. The largest absolute Gasteiger partial charge is 0.467 e. The molecule has 1 fully saturated rings. The fourth-order valence-corrected chi connectivity index (χ4v) is 4.27. The van der Waals surface area contributed by atoms with Gasteiger partial charge in [-0.1, -0.05) is 36.4 Å². The smallest absolute Gasteiger partial charge is 0.263 e. The fraction of sp³-hybridized carbons (Fsp3) is 0.273. The number of nitrogens with one attached hydrogen (secondary N) is 1. The van der Waals surface area contributed by atoms with Crippen LogP contribution in [0.2, 0.25) is 0 Å². The molecule has 1 atom stereocenters. The van der Waals surface area contributed by atoms with Crippen LogP contribution < -0.4 is 5.32 Å². The van der Waals surface area contributed by atoms with E-state index in [1.165, 1.54) is 11.3 Å². The van der Waals surface area contributed by atoms with Gasteiger partial charge in [0.1, 0.15) is 11.8 Å². The van der Waals surface area contributed by atoms with Gasteiger partial charge in [0, 0.05) is 19.0 Å². The molecule has 1 N–H and O–H groups in total. The molecule has 3 aromatic rings. The van der Waals surface area contributed by atoms with Gasteiger partial charge in [0.2, 0.25) is 5.91 Å². The Labute approximate surface area is 168 Å². The molecule has 144 valence electrons. The van der Waals surface area contributed by atoms with Crippen LogP contribution in [0.1, 0.15) is 39.9 Å². The molecule has 0 aliphatic carbocycles. The SMILES string of the molecule is O=C(NC(c1ccccc1)c1ccco1)C1CCN(C(=O)c2cccs2)CC1. The summed E-state index contributed by atoms with van der Waals surface area (Å²) in [7, 11) is 0. The highest BCUT2D eigenvalue weighted by atomic mass is 32.1. The topological polar surface area (TPSA) is 62.6 Å². The molecule has 0 spiro atoms. The van der Waals surface area contributed by atoms with Crippen LogP contribution in [0.25, 0.3) is 0 Å². The minimum absolute atomic E-state index is 0.00785. The first-order chi connectivity index (χ1) is 13.7. The Bertz CT molecular complexity index is 899.